The van der Waals surface area contributed by atoms with Gasteiger partial charge in [0.1, 0.15) is 23.2 Å². The molecule has 0 unspecified atom stereocenters. The summed E-state index contributed by atoms with van der Waals surface area (Å²) in [5, 5.41) is 15.1. The van der Waals surface area contributed by atoms with Crippen molar-refractivity contribution in [2.45, 2.75) is 93.9 Å². The molecule has 0 bridgehead atoms. The van der Waals surface area contributed by atoms with E-state index in [1.54, 1.807) is 20.8 Å². The van der Waals surface area contributed by atoms with Gasteiger partial charge < -0.3 is 25.4 Å². The Morgan fingerprint density at radius 2 is 1.97 bits per heavy atom. The third-order valence-corrected chi connectivity index (χ3v) is 10.1. The van der Waals surface area contributed by atoms with E-state index in [9.17, 15) is 32.7 Å². The zero-order valence-corrected chi connectivity index (χ0v) is 24.1. The standard InChI is InChI=1S/C25H38N4O8S2/c1-24(2,3)37-23(34)26-18-14-38-10-6-4-5-7-15-12-25(15,22(33)28-39(35,36)17-8-9-17)27-20(31)19-11-16(30)13-29(19)21(18)32/h5,7,15-19,30H,4,6,8-14H2,1-3H3,(H,26,34)(H,27,31)(H,28,33)/t15-,16-,18+,19+,25-/m1/s1. The Morgan fingerprint density at radius 1 is 1.26 bits per heavy atom. The van der Waals surface area contributed by atoms with Crippen LogP contribution in [0.5, 0.6) is 0 Å². The van der Waals surface area contributed by atoms with Gasteiger partial charge >= 0.3 is 6.09 Å². The van der Waals surface area contributed by atoms with Crippen LogP contribution in [0, 0.1) is 5.92 Å². The van der Waals surface area contributed by atoms with Crippen LogP contribution in [0.25, 0.3) is 0 Å². The van der Waals surface area contributed by atoms with Gasteiger partial charge in [0, 0.05) is 24.6 Å². The quantitative estimate of drug-likeness (QED) is 0.341. The molecule has 1 saturated heterocycles. The minimum absolute atomic E-state index is 0.0531. The van der Waals surface area contributed by atoms with Crippen LogP contribution in [0.15, 0.2) is 12.2 Å². The summed E-state index contributed by atoms with van der Waals surface area (Å²) in [6, 6.07) is -2.10. The van der Waals surface area contributed by atoms with Gasteiger partial charge in [-0.2, -0.15) is 11.8 Å². The van der Waals surface area contributed by atoms with Crippen LogP contribution >= 0.6 is 11.8 Å². The number of rotatable bonds is 4. The van der Waals surface area contributed by atoms with Crippen molar-refractivity contribution in [3.63, 3.8) is 0 Å². The summed E-state index contributed by atoms with van der Waals surface area (Å²) in [7, 11) is -3.83. The molecule has 3 fully saturated rings. The molecule has 0 radical (unpaired) electrons. The van der Waals surface area contributed by atoms with Crippen LogP contribution in [0.4, 0.5) is 4.79 Å². The first-order valence-electron chi connectivity index (χ1n) is 13.3. The SMILES string of the molecule is CC(C)(C)OC(=O)N[C@H]1CSCCCC=C[C@@H]2C[C@@]2(C(=O)NS(=O)(=O)C2CC2)NC(=O)[C@@H]2C[C@@H](O)CN2C1=O. The molecule has 2 aliphatic heterocycles. The molecule has 14 heteroatoms. The van der Waals surface area contributed by atoms with E-state index in [-0.39, 0.29) is 25.1 Å². The Bertz CT molecular complexity index is 1130. The van der Waals surface area contributed by atoms with Crippen molar-refractivity contribution < 1.29 is 37.4 Å². The zero-order chi connectivity index (χ0) is 28.6. The molecule has 218 valence electrons. The van der Waals surface area contributed by atoms with Gasteiger partial charge in [0.05, 0.1) is 11.4 Å². The molecule has 0 aromatic heterocycles. The molecule has 39 heavy (non-hydrogen) atoms. The third-order valence-electron chi connectivity index (χ3n) is 7.13. The topological polar surface area (TPSA) is 171 Å². The third kappa shape index (κ3) is 7.26. The molecule has 4 rings (SSSR count). The fourth-order valence-electron chi connectivity index (χ4n) is 4.86. The lowest BCUT2D eigenvalue weighted by Gasteiger charge is -2.30. The van der Waals surface area contributed by atoms with E-state index in [1.165, 1.54) is 16.7 Å². The van der Waals surface area contributed by atoms with Crippen LogP contribution in [0.2, 0.25) is 0 Å². The number of allylic oxidation sites excluding steroid dienone is 1. The van der Waals surface area contributed by atoms with Crippen LogP contribution in [0.3, 0.4) is 0 Å². The minimum atomic E-state index is -3.83. The van der Waals surface area contributed by atoms with Crippen molar-refractivity contribution in [3.8, 4) is 0 Å². The molecule has 2 heterocycles. The molecular formula is C25H38N4O8S2. The molecule has 4 amide bonds. The average molecular weight is 587 g/mol. The van der Waals surface area contributed by atoms with E-state index < -0.39 is 74.3 Å². The lowest BCUT2D eigenvalue weighted by atomic mass is 10.1. The number of carbonyl (C=O) groups excluding carboxylic acids is 4. The number of ether oxygens (including phenoxy) is 1. The number of fused-ring (bicyclic) bond motifs is 2. The first-order chi connectivity index (χ1) is 18.2. The van der Waals surface area contributed by atoms with E-state index in [0.717, 1.165) is 6.42 Å². The molecule has 12 nitrogen and oxygen atoms in total. The number of carbonyl (C=O) groups is 4. The smallest absolute Gasteiger partial charge is 0.408 e. The number of hydrogen-bond acceptors (Lipinski definition) is 9. The first kappa shape index (κ1) is 29.7. The highest BCUT2D eigenvalue weighted by Crippen LogP contribution is 2.46. The Kier molecular flexibility index (Phi) is 8.58. The summed E-state index contributed by atoms with van der Waals surface area (Å²) in [5.41, 5.74) is -2.23. The number of nitrogens with zero attached hydrogens (tertiary/aromatic N) is 1. The maximum Gasteiger partial charge on any atom is 0.408 e. The van der Waals surface area contributed by atoms with Crippen molar-refractivity contribution in [2.24, 2.45) is 5.92 Å². The number of aliphatic hydroxyl groups excluding tert-OH is 1. The normalized spacial score (nSPS) is 32.2. The highest BCUT2D eigenvalue weighted by Gasteiger charge is 2.62. The second-order valence-corrected chi connectivity index (χ2v) is 14.8. The number of hydrogen-bond donors (Lipinski definition) is 4. The monoisotopic (exact) mass is 586 g/mol. The summed E-state index contributed by atoms with van der Waals surface area (Å²) in [4.78, 5) is 54.1. The Morgan fingerprint density at radius 3 is 2.64 bits per heavy atom. The molecule has 2 saturated carbocycles. The number of thioether (sulfide) groups is 1. The number of nitrogens with one attached hydrogen (secondary N) is 3. The lowest BCUT2D eigenvalue weighted by Crippen LogP contribution is -2.58. The van der Waals surface area contributed by atoms with Crippen LogP contribution in [0.1, 0.15) is 59.3 Å². The van der Waals surface area contributed by atoms with Gasteiger partial charge in [-0.1, -0.05) is 12.2 Å². The molecule has 4 aliphatic rings. The molecule has 4 N–H and O–H groups in total. The molecule has 5 atom stereocenters. The van der Waals surface area contributed by atoms with Gasteiger partial charge in [-0.25, -0.2) is 13.2 Å². The molecule has 0 aromatic carbocycles. The van der Waals surface area contributed by atoms with Gasteiger partial charge in [0.15, 0.2) is 0 Å². The van der Waals surface area contributed by atoms with E-state index in [4.69, 9.17) is 4.74 Å². The zero-order valence-electron chi connectivity index (χ0n) is 22.5. The van der Waals surface area contributed by atoms with Crippen LogP contribution in [-0.4, -0.2) is 94.9 Å². The van der Waals surface area contributed by atoms with Gasteiger partial charge in [0.2, 0.25) is 21.8 Å². The fourth-order valence-corrected chi connectivity index (χ4v) is 7.23. The summed E-state index contributed by atoms with van der Waals surface area (Å²) in [5.74, 6) is -1.45. The summed E-state index contributed by atoms with van der Waals surface area (Å²) >= 11 is 1.48. The highest BCUT2D eigenvalue weighted by molar-refractivity contribution is 7.99. The minimum Gasteiger partial charge on any atom is -0.444 e. The van der Waals surface area contributed by atoms with Crippen molar-refractivity contribution >= 4 is 45.6 Å². The van der Waals surface area contributed by atoms with Crippen molar-refractivity contribution in [2.75, 3.05) is 18.1 Å². The van der Waals surface area contributed by atoms with Gasteiger partial charge in [-0.15, -0.1) is 0 Å². The Balaban J connectivity index is 1.57. The van der Waals surface area contributed by atoms with Crippen LogP contribution in [-0.2, 0) is 29.1 Å². The second kappa shape index (κ2) is 11.3. The van der Waals surface area contributed by atoms with Gasteiger partial charge in [-0.05, 0) is 58.6 Å². The number of sulfonamides is 1. The largest absolute Gasteiger partial charge is 0.444 e. The van der Waals surface area contributed by atoms with Crippen molar-refractivity contribution in [1.29, 1.82) is 0 Å². The Labute approximate surface area is 233 Å². The maximum atomic E-state index is 13.6. The molecule has 0 spiro atoms. The van der Waals surface area contributed by atoms with E-state index in [0.29, 0.717) is 25.0 Å². The van der Waals surface area contributed by atoms with E-state index in [1.807, 2.05) is 12.2 Å². The summed E-state index contributed by atoms with van der Waals surface area (Å²) < 4.78 is 32.4. The number of alkyl carbamates (subject to hydrolysis) is 1. The number of aliphatic hydroxyl groups is 1. The van der Waals surface area contributed by atoms with Crippen LogP contribution < -0.4 is 15.4 Å². The number of amides is 4. The van der Waals surface area contributed by atoms with E-state index >= 15 is 0 Å². The summed E-state index contributed by atoms with van der Waals surface area (Å²) in [6.07, 6.45) is 4.59. The predicted octanol–water partition coefficient (Wildman–Crippen LogP) is 0.408. The van der Waals surface area contributed by atoms with Gasteiger partial charge in [-0.3, -0.25) is 19.1 Å². The second-order valence-electron chi connectivity index (χ2n) is 11.7. The molecule has 2 aliphatic carbocycles. The first-order valence-corrected chi connectivity index (χ1v) is 16.0. The highest BCUT2D eigenvalue weighted by atomic mass is 32.2. The molecule has 0 aromatic rings. The van der Waals surface area contributed by atoms with Crippen molar-refractivity contribution in [3.05, 3.63) is 12.2 Å². The lowest BCUT2D eigenvalue weighted by molar-refractivity contribution is -0.140. The summed E-state index contributed by atoms with van der Waals surface area (Å²) in [6.45, 7) is 5.00. The Hall–Kier alpha value is -2.32. The average Bonchev–Trinajstić information content (AvgIpc) is 3.73. The van der Waals surface area contributed by atoms with Gasteiger partial charge in [0.25, 0.3) is 5.91 Å². The fraction of sp³-hybridized carbons (Fsp3) is 0.760. The predicted molar refractivity (Wildman–Crippen MR) is 144 cm³/mol. The molecular weight excluding hydrogens is 548 g/mol. The maximum absolute atomic E-state index is 13.6. The van der Waals surface area contributed by atoms with E-state index in [2.05, 4.69) is 15.4 Å². The van der Waals surface area contributed by atoms with Crippen molar-refractivity contribution in [1.82, 2.24) is 20.3 Å².